The van der Waals surface area contributed by atoms with Gasteiger partial charge in [-0.05, 0) is 62.8 Å². The van der Waals surface area contributed by atoms with Gasteiger partial charge in [0.15, 0.2) is 29.1 Å². The lowest BCUT2D eigenvalue weighted by molar-refractivity contribution is -0.121. The number of rotatable bonds is 16. The summed E-state index contributed by atoms with van der Waals surface area (Å²) in [5.74, 6) is -2.76. The fourth-order valence-corrected chi connectivity index (χ4v) is 4.23. The molecule has 242 valence electrons. The van der Waals surface area contributed by atoms with Gasteiger partial charge in [0.25, 0.3) is 5.91 Å². The van der Waals surface area contributed by atoms with Crippen LogP contribution in [0.25, 0.3) is 11.5 Å². The predicted octanol–water partition coefficient (Wildman–Crippen LogP) is 5.38. The molecule has 15 heteroatoms. The SMILES string of the molecule is C[C@H](OC(N)=O)c1oc(-c2ccc(OC(F)F)c(OCCCCC(=O)NCC3CC3)c2)nc1C(=O)NCc1ccc(F)cc1F. The third kappa shape index (κ3) is 9.84. The largest absolute Gasteiger partial charge is 0.490 e. The first-order valence-corrected chi connectivity index (χ1v) is 14.2. The molecule has 3 amide bonds. The molecule has 1 heterocycles. The van der Waals surface area contributed by atoms with Gasteiger partial charge in [0.05, 0.1) is 6.61 Å². The van der Waals surface area contributed by atoms with Gasteiger partial charge in [-0.15, -0.1) is 0 Å². The Balaban J connectivity index is 1.50. The molecule has 45 heavy (non-hydrogen) atoms. The van der Waals surface area contributed by atoms with E-state index in [1.54, 1.807) is 0 Å². The number of amides is 3. The van der Waals surface area contributed by atoms with Crippen molar-refractivity contribution in [1.29, 1.82) is 0 Å². The van der Waals surface area contributed by atoms with Crippen LogP contribution < -0.4 is 25.8 Å². The Labute approximate surface area is 255 Å². The third-order valence-corrected chi connectivity index (χ3v) is 6.73. The molecule has 0 saturated heterocycles. The van der Waals surface area contributed by atoms with Gasteiger partial charge in [-0.25, -0.2) is 18.6 Å². The first kappa shape index (κ1) is 33.1. The summed E-state index contributed by atoms with van der Waals surface area (Å²) in [6, 6.07) is 6.70. The second-order valence-corrected chi connectivity index (χ2v) is 10.3. The summed E-state index contributed by atoms with van der Waals surface area (Å²) < 4.78 is 74.4. The number of oxazole rings is 1. The molecule has 2 aromatic carbocycles. The molecule has 3 aromatic rings. The number of aromatic nitrogens is 1. The predicted molar refractivity (Wildman–Crippen MR) is 150 cm³/mol. The number of halogens is 4. The van der Waals surface area contributed by atoms with Crippen molar-refractivity contribution in [2.75, 3.05) is 13.2 Å². The van der Waals surface area contributed by atoms with E-state index in [9.17, 15) is 31.9 Å². The number of nitrogens with one attached hydrogen (secondary N) is 2. The molecule has 0 bridgehead atoms. The molecule has 1 fully saturated rings. The Bertz CT molecular complexity index is 1510. The van der Waals surface area contributed by atoms with Crippen LogP contribution in [-0.2, 0) is 16.1 Å². The minimum atomic E-state index is -3.14. The summed E-state index contributed by atoms with van der Waals surface area (Å²) in [5.41, 5.74) is 4.96. The van der Waals surface area contributed by atoms with Crippen LogP contribution in [0.1, 0.15) is 66.9 Å². The van der Waals surface area contributed by atoms with Crippen molar-refractivity contribution in [2.24, 2.45) is 11.7 Å². The quantitative estimate of drug-likeness (QED) is 0.140. The van der Waals surface area contributed by atoms with Gasteiger partial charge in [0.2, 0.25) is 11.8 Å². The van der Waals surface area contributed by atoms with Gasteiger partial charge in [0.1, 0.15) is 11.6 Å². The van der Waals surface area contributed by atoms with Gasteiger partial charge in [-0.1, -0.05) is 6.07 Å². The Morgan fingerprint density at radius 1 is 1.07 bits per heavy atom. The summed E-state index contributed by atoms with van der Waals surface area (Å²) in [5, 5.41) is 5.31. The molecule has 1 saturated carbocycles. The number of nitrogens with zero attached hydrogens (tertiary/aromatic N) is 1. The number of ether oxygens (including phenoxy) is 3. The standard InChI is InChI=1S/C30H32F4N4O7/c1-16(43-30(35)41)26-25(27(40)37-15-19-7-9-20(31)13-21(19)32)38-28(45-26)18-8-10-22(44-29(33)34)23(12-18)42-11-3-2-4-24(39)36-14-17-5-6-17/h7-10,12-13,16-17,29H,2-6,11,14-15H2,1H3,(H2,35,41)(H,36,39)(H,37,40)/t16-/m0/s1. The number of benzene rings is 2. The highest BCUT2D eigenvalue weighted by molar-refractivity contribution is 5.94. The molecule has 0 aliphatic heterocycles. The van der Waals surface area contributed by atoms with Crippen molar-refractivity contribution in [1.82, 2.24) is 15.6 Å². The van der Waals surface area contributed by atoms with Crippen LogP contribution in [-0.4, -0.2) is 42.7 Å². The molecular formula is C30H32F4N4O7. The number of carbonyl (C=O) groups is 3. The van der Waals surface area contributed by atoms with Crippen LogP contribution in [0.4, 0.5) is 22.4 Å². The Morgan fingerprint density at radius 2 is 1.84 bits per heavy atom. The van der Waals surface area contributed by atoms with Crippen LogP contribution in [0.3, 0.4) is 0 Å². The van der Waals surface area contributed by atoms with Crippen molar-refractivity contribution in [3.63, 3.8) is 0 Å². The molecule has 0 radical (unpaired) electrons. The maximum Gasteiger partial charge on any atom is 0.405 e. The minimum Gasteiger partial charge on any atom is -0.490 e. The van der Waals surface area contributed by atoms with E-state index in [2.05, 4.69) is 20.4 Å². The highest BCUT2D eigenvalue weighted by Crippen LogP contribution is 2.36. The van der Waals surface area contributed by atoms with Crippen molar-refractivity contribution in [2.45, 2.75) is 58.3 Å². The molecule has 1 aromatic heterocycles. The smallest absolute Gasteiger partial charge is 0.405 e. The lowest BCUT2D eigenvalue weighted by atomic mass is 10.2. The van der Waals surface area contributed by atoms with Gasteiger partial charge in [-0.2, -0.15) is 8.78 Å². The maximum atomic E-state index is 14.1. The summed E-state index contributed by atoms with van der Waals surface area (Å²) in [4.78, 5) is 40.6. The number of primary amides is 1. The second kappa shape index (κ2) is 15.3. The number of carbonyl (C=O) groups excluding carboxylic acids is 3. The van der Waals surface area contributed by atoms with Crippen LogP contribution in [0.5, 0.6) is 11.5 Å². The number of hydrogen-bond donors (Lipinski definition) is 3. The average molecular weight is 637 g/mol. The highest BCUT2D eigenvalue weighted by atomic mass is 19.3. The number of unbranched alkanes of at least 4 members (excludes halogenated alkanes) is 1. The molecular weight excluding hydrogens is 604 g/mol. The normalized spacial score (nSPS) is 13.3. The van der Waals surface area contributed by atoms with E-state index in [0.717, 1.165) is 25.0 Å². The zero-order valence-electron chi connectivity index (χ0n) is 24.2. The van der Waals surface area contributed by atoms with Crippen molar-refractivity contribution in [3.05, 3.63) is 65.1 Å². The third-order valence-electron chi connectivity index (χ3n) is 6.73. The van der Waals surface area contributed by atoms with Crippen LogP contribution in [0.2, 0.25) is 0 Å². The fraction of sp³-hybridized carbons (Fsp3) is 0.400. The van der Waals surface area contributed by atoms with E-state index < -0.39 is 36.4 Å². The second-order valence-electron chi connectivity index (χ2n) is 10.3. The molecule has 1 atom stereocenters. The van der Waals surface area contributed by atoms with E-state index >= 15 is 0 Å². The Hall–Kier alpha value is -4.82. The first-order valence-electron chi connectivity index (χ1n) is 14.2. The van der Waals surface area contributed by atoms with Crippen molar-refractivity contribution in [3.8, 4) is 23.0 Å². The molecule has 1 aliphatic rings. The van der Waals surface area contributed by atoms with Crippen molar-refractivity contribution >= 4 is 17.9 Å². The Kier molecular flexibility index (Phi) is 11.2. The van der Waals surface area contributed by atoms with Crippen LogP contribution >= 0.6 is 0 Å². The average Bonchev–Trinajstić information content (AvgIpc) is 3.70. The van der Waals surface area contributed by atoms with Crippen LogP contribution in [0, 0.1) is 17.6 Å². The monoisotopic (exact) mass is 636 g/mol. The molecule has 1 aliphatic carbocycles. The maximum absolute atomic E-state index is 14.1. The fourth-order valence-electron chi connectivity index (χ4n) is 4.23. The summed E-state index contributed by atoms with van der Waals surface area (Å²) >= 11 is 0. The van der Waals surface area contributed by atoms with E-state index in [1.807, 2.05) is 0 Å². The molecule has 4 N–H and O–H groups in total. The summed E-state index contributed by atoms with van der Waals surface area (Å²) in [6.07, 6.45) is 1.13. The molecule has 0 spiro atoms. The van der Waals surface area contributed by atoms with Gasteiger partial charge < -0.3 is 35.0 Å². The number of alkyl halides is 2. The Morgan fingerprint density at radius 3 is 2.53 bits per heavy atom. The topological polar surface area (TPSA) is 155 Å². The van der Waals surface area contributed by atoms with E-state index in [1.165, 1.54) is 25.1 Å². The summed E-state index contributed by atoms with van der Waals surface area (Å²) in [7, 11) is 0. The van der Waals surface area contributed by atoms with Gasteiger partial charge >= 0.3 is 12.7 Å². The lowest BCUT2D eigenvalue weighted by Crippen LogP contribution is -2.26. The molecule has 11 nitrogen and oxygen atoms in total. The van der Waals surface area contributed by atoms with Gasteiger partial charge in [-0.3, -0.25) is 9.59 Å². The molecule has 4 rings (SSSR count). The zero-order valence-corrected chi connectivity index (χ0v) is 24.2. The van der Waals surface area contributed by atoms with Crippen molar-refractivity contribution < 1.29 is 50.6 Å². The molecule has 0 unspecified atom stereocenters. The number of hydrogen-bond acceptors (Lipinski definition) is 8. The van der Waals surface area contributed by atoms with Crippen LogP contribution in [0.15, 0.2) is 40.8 Å². The highest BCUT2D eigenvalue weighted by Gasteiger charge is 2.28. The van der Waals surface area contributed by atoms with E-state index in [-0.39, 0.29) is 59.0 Å². The van der Waals surface area contributed by atoms with E-state index in [0.29, 0.717) is 37.8 Å². The minimum absolute atomic E-state index is 0.00764. The lowest BCUT2D eigenvalue weighted by Gasteiger charge is -2.13. The van der Waals surface area contributed by atoms with Gasteiger partial charge in [0, 0.05) is 36.7 Å². The summed E-state index contributed by atoms with van der Waals surface area (Å²) in [6.45, 7) is -1.37. The van der Waals surface area contributed by atoms with E-state index in [4.69, 9.17) is 19.6 Å². The zero-order chi connectivity index (χ0) is 32.5. The number of nitrogens with two attached hydrogens (primary N) is 1. The first-order chi connectivity index (χ1) is 21.5.